The molecule has 1 heterocycles. The van der Waals surface area contributed by atoms with Crippen LogP contribution in [0.5, 0.6) is 0 Å². The van der Waals surface area contributed by atoms with Crippen molar-refractivity contribution in [3.63, 3.8) is 0 Å². The fourth-order valence-electron chi connectivity index (χ4n) is 2.45. The SMILES string of the molecule is c1ccc2c(NCN3CCNCC3)cccc2c1. The molecule has 0 aromatic heterocycles. The third kappa shape index (κ3) is 2.47. The minimum absolute atomic E-state index is 0.926. The van der Waals surface area contributed by atoms with Gasteiger partial charge in [0.15, 0.2) is 0 Å². The Morgan fingerprint density at radius 1 is 1.00 bits per heavy atom. The Morgan fingerprint density at radius 3 is 2.67 bits per heavy atom. The van der Waals surface area contributed by atoms with Gasteiger partial charge in [-0.3, -0.25) is 4.90 Å². The minimum Gasteiger partial charge on any atom is -0.372 e. The lowest BCUT2D eigenvalue weighted by atomic mass is 10.1. The first kappa shape index (κ1) is 11.5. The molecule has 0 atom stereocenters. The number of hydrogen-bond donors (Lipinski definition) is 2. The van der Waals surface area contributed by atoms with Crippen LogP contribution in [-0.4, -0.2) is 37.7 Å². The van der Waals surface area contributed by atoms with Gasteiger partial charge in [-0.1, -0.05) is 36.4 Å². The molecule has 18 heavy (non-hydrogen) atoms. The summed E-state index contributed by atoms with van der Waals surface area (Å²) in [5.74, 6) is 0. The fourth-order valence-corrected chi connectivity index (χ4v) is 2.45. The summed E-state index contributed by atoms with van der Waals surface area (Å²) < 4.78 is 0. The van der Waals surface area contributed by atoms with Crippen LogP contribution in [0.15, 0.2) is 42.5 Å². The highest BCUT2D eigenvalue weighted by Gasteiger charge is 2.08. The van der Waals surface area contributed by atoms with Crippen molar-refractivity contribution in [2.45, 2.75) is 0 Å². The summed E-state index contributed by atoms with van der Waals surface area (Å²) in [6.45, 7) is 5.36. The monoisotopic (exact) mass is 241 g/mol. The first-order chi connectivity index (χ1) is 8.93. The Hall–Kier alpha value is -1.58. The Kier molecular flexibility index (Phi) is 3.44. The molecule has 0 aliphatic carbocycles. The normalized spacial score (nSPS) is 16.9. The van der Waals surface area contributed by atoms with E-state index < -0.39 is 0 Å². The van der Waals surface area contributed by atoms with Crippen LogP contribution < -0.4 is 10.6 Å². The molecule has 1 aliphatic heterocycles. The van der Waals surface area contributed by atoms with Gasteiger partial charge in [0.2, 0.25) is 0 Å². The van der Waals surface area contributed by atoms with E-state index in [9.17, 15) is 0 Å². The Morgan fingerprint density at radius 2 is 1.78 bits per heavy atom. The smallest absolute Gasteiger partial charge is 0.0679 e. The molecule has 3 heteroatoms. The molecule has 2 aromatic carbocycles. The zero-order valence-electron chi connectivity index (χ0n) is 10.5. The summed E-state index contributed by atoms with van der Waals surface area (Å²) in [4.78, 5) is 2.44. The summed E-state index contributed by atoms with van der Waals surface area (Å²) in [5, 5.41) is 9.52. The van der Waals surface area contributed by atoms with E-state index in [1.165, 1.54) is 16.5 Å². The minimum atomic E-state index is 0.926. The molecule has 1 fully saturated rings. The number of benzene rings is 2. The second-order valence-electron chi connectivity index (χ2n) is 4.73. The van der Waals surface area contributed by atoms with Crippen LogP contribution in [0, 0.1) is 0 Å². The molecule has 1 saturated heterocycles. The Bertz CT molecular complexity index is 513. The lowest BCUT2D eigenvalue weighted by Crippen LogP contribution is -2.45. The van der Waals surface area contributed by atoms with Crippen molar-refractivity contribution in [2.75, 3.05) is 38.2 Å². The number of piperazine rings is 1. The molecule has 2 N–H and O–H groups in total. The second-order valence-corrected chi connectivity index (χ2v) is 4.73. The molecule has 1 aliphatic rings. The quantitative estimate of drug-likeness (QED) is 0.862. The molecule has 2 aromatic rings. The first-order valence-electron chi connectivity index (χ1n) is 6.58. The topological polar surface area (TPSA) is 27.3 Å². The van der Waals surface area contributed by atoms with Crippen LogP contribution in [-0.2, 0) is 0 Å². The number of nitrogens with zero attached hydrogens (tertiary/aromatic N) is 1. The van der Waals surface area contributed by atoms with Gasteiger partial charge in [-0.15, -0.1) is 0 Å². The molecule has 94 valence electrons. The van der Waals surface area contributed by atoms with Crippen LogP contribution in [0.2, 0.25) is 0 Å². The van der Waals surface area contributed by atoms with Gasteiger partial charge in [0, 0.05) is 37.3 Å². The largest absolute Gasteiger partial charge is 0.372 e. The molecular formula is C15H19N3. The van der Waals surface area contributed by atoms with Crippen LogP contribution in [0.1, 0.15) is 0 Å². The third-order valence-electron chi connectivity index (χ3n) is 3.49. The molecule has 0 amide bonds. The number of nitrogens with one attached hydrogen (secondary N) is 2. The second kappa shape index (κ2) is 5.38. The predicted octanol–water partition coefficient (Wildman–Crippen LogP) is 2.11. The Balaban J connectivity index is 1.74. The van der Waals surface area contributed by atoms with Gasteiger partial charge in [0.05, 0.1) is 6.67 Å². The van der Waals surface area contributed by atoms with Crippen LogP contribution in [0.4, 0.5) is 5.69 Å². The average molecular weight is 241 g/mol. The maximum absolute atomic E-state index is 3.56. The van der Waals surface area contributed by atoms with Crippen molar-refractivity contribution in [3.8, 4) is 0 Å². The van der Waals surface area contributed by atoms with Crippen molar-refractivity contribution in [3.05, 3.63) is 42.5 Å². The van der Waals surface area contributed by atoms with Gasteiger partial charge in [0.1, 0.15) is 0 Å². The lowest BCUT2D eigenvalue weighted by molar-refractivity contribution is 0.257. The van der Waals surface area contributed by atoms with Gasteiger partial charge in [0.25, 0.3) is 0 Å². The van der Waals surface area contributed by atoms with E-state index in [0.717, 1.165) is 32.8 Å². The van der Waals surface area contributed by atoms with E-state index in [1.807, 2.05) is 0 Å². The summed E-state index contributed by atoms with van der Waals surface area (Å²) in [7, 11) is 0. The highest BCUT2D eigenvalue weighted by molar-refractivity contribution is 5.93. The van der Waals surface area contributed by atoms with E-state index in [4.69, 9.17) is 0 Å². The van der Waals surface area contributed by atoms with Gasteiger partial charge in [-0.25, -0.2) is 0 Å². The number of anilines is 1. The van der Waals surface area contributed by atoms with E-state index >= 15 is 0 Å². The average Bonchev–Trinajstić information content (AvgIpc) is 2.46. The Labute approximate surface area is 108 Å². The zero-order chi connectivity index (χ0) is 12.2. The van der Waals surface area contributed by atoms with Crippen LogP contribution in [0.3, 0.4) is 0 Å². The standard InChI is InChI=1S/C15H19N3/c1-2-6-14-13(4-1)5-3-7-15(14)17-12-18-10-8-16-9-11-18/h1-7,16-17H,8-12H2. The first-order valence-corrected chi connectivity index (χ1v) is 6.58. The third-order valence-corrected chi connectivity index (χ3v) is 3.49. The van der Waals surface area contributed by atoms with Crippen molar-refractivity contribution in [1.82, 2.24) is 10.2 Å². The van der Waals surface area contributed by atoms with Gasteiger partial charge in [-0.05, 0) is 11.5 Å². The van der Waals surface area contributed by atoms with Crippen molar-refractivity contribution in [2.24, 2.45) is 0 Å². The highest BCUT2D eigenvalue weighted by atomic mass is 15.3. The number of hydrogen-bond acceptors (Lipinski definition) is 3. The molecule has 0 bridgehead atoms. The molecule has 0 unspecified atom stereocenters. The van der Waals surface area contributed by atoms with Gasteiger partial charge in [-0.2, -0.15) is 0 Å². The number of rotatable bonds is 3. The van der Waals surface area contributed by atoms with Crippen LogP contribution >= 0.6 is 0 Å². The maximum atomic E-state index is 3.56. The van der Waals surface area contributed by atoms with Gasteiger partial charge >= 0.3 is 0 Å². The van der Waals surface area contributed by atoms with Crippen molar-refractivity contribution in [1.29, 1.82) is 0 Å². The van der Waals surface area contributed by atoms with E-state index in [2.05, 4.69) is 58.0 Å². The highest BCUT2D eigenvalue weighted by Crippen LogP contribution is 2.22. The molecule has 0 saturated carbocycles. The van der Waals surface area contributed by atoms with Crippen molar-refractivity contribution >= 4 is 16.5 Å². The molecule has 0 radical (unpaired) electrons. The lowest BCUT2D eigenvalue weighted by Gasteiger charge is -2.27. The predicted molar refractivity (Wildman–Crippen MR) is 76.9 cm³/mol. The molecule has 3 nitrogen and oxygen atoms in total. The maximum Gasteiger partial charge on any atom is 0.0679 e. The van der Waals surface area contributed by atoms with E-state index in [-0.39, 0.29) is 0 Å². The molecular weight excluding hydrogens is 222 g/mol. The summed E-state index contributed by atoms with van der Waals surface area (Å²) in [5.41, 5.74) is 1.23. The van der Waals surface area contributed by atoms with E-state index in [0.29, 0.717) is 0 Å². The number of fused-ring (bicyclic) bond motifs is 1. The fraction of sp³-hybridized carbons (Fsp3) is 0.333. The summed E-state index contributed by atoms with van der Waals surface area (Å²) in [6, 6.07) is 14.9. The van der Waals surface area contributed by atoms with E-state index in [1.54, 1.807) is 0 Å². The zero-order valence-corrected chi connectivity index (χ0v) is 10.5. The summed E-state index contributed by atoms with van der Waals surface area (Å²) in [6.07, 6.45) is 0. The van der Waals surface area contributed by atoms with Crippen LogP contribution in [0.25, 0.3) is 10.8 Å². The van der Waals surface area contributed by atoms with Crippen molar-refractivity contribution < 1.29 is 0 Å². The van der Waals surface area contributed by atoms with Gasteiger partial charge < -0.3 is 10.6 Å². The molecule has 3 rings (SSSR count). The summed E-state index contributed by atoms with van der Waals surface area (Å²) >= 11 is 0. The molecule has 0 spiro atoms.